The van der Waals surface area contributed by atoms with Crippen LogP contribution in [0.4, 0.5) is 0 Å². The minimum Gasteiger partial charge on any atom is -0.377 e. The predicted octanol–water partition coefficient (Wildman–Crippen LogP) is -0.309. The van der Waals surface area contributed by atoms with Crippen molar-refractivity contribution in [2.24, 2.45) is 5.14 Å². The highest BCUT2D eigenvalue weighted by molar-refractivity contribution is 7.86. The second-order valence-corrected chi connectivity index (χ2v) is 4.68. The molecule has 0 saturated carbocycles. The number of nitrogens with two attached hydrogens (primary N) is 1. The molecule has 1 rings (SSSR count). The average Bonchev–Trinajstić information content (AvgIpc) is 2.49. The molecule has 0 aromatic carbocycles. The van der Waals surface area contributed by atoms with Gasteiger partial charge in [0.1, 0.15) is 0 Å². The molecule has 1 saturated heterocycles. The van der Waals surface area contributed by atoms with Gasteiger partial charge in [0, 0.05) is 19.7 Å². The molecule has 1 aliphatic rings. The summed E-state index contributed by atoms with van der Waals surface area (Å²) in [6.07, 6.45) is 1.96. The van der Waals surface area contributed by atoms with Gasteiger partial charge in [-0.3, -0.25) is 0 Å². The Balaban J connectivity index is 2.48. The highest BCUT2D eigenvalue weighted by atomic mass is 32.2. The maximum Gasteiger partial charge on any atom is 0.276 e. The largest absolute Gasteiger partial charge is 0.377 e. The fourth-order valence-electron chi connectivity index (χ4n) is 1.43. The summed E-state index contributed by atoms with van der Waals surface area (Å²) in [4.78, 5) is 0. The number of hydrogen-bond donors (Lipinski definition) is 1. The summed E-state index contributed by atoms with van der Waals surface area (Å²) in [7, 11) is -3.55. The van der Waals surface area contributed by atoms with Crippen molar-refractivity contribution in [3.8, 4) is 0 Å². The zero-order valence-electron chi connectivity index (χ0n) is 7.77. The standard InChI is InChI=1S/C7H16N2O3S/c1-2-9(13(8,10)11)6-7-4-3-5-12-7/h7H,2-6H2,1H3,(H2,8,10,11). The predicted molar refractivity (Wildman–Crippen MR) is 49.3 cm³/mol. The van der Waals surface area contributed by atoms with Crippen LogP contribution in [0.2, 0.25) is 0 Å². The van der Waals surface area contributed by atoms with Crippen LogP contribution in [0.25, 0.3) is 0 Å². The third kappa shape index (κ3) is 3.22. The Morgan fingerprint density at radius 1 is 1.62 bits per heavy atom. The summed E-state index contributed by atoms with van der Waals surface area (Å²) >= 11 is 0. The van der Waals surface area contributed by atoms with E-state index < -0.39 is 10.2 Å². The third-order valence-corrected chi connectivity index (χ3v) is 3.27. The Hall–Kier alpha value is -0.170. The van der Waals surface area contributed by atoms with Crippen molar-refractivity contribution in [1.29, 1.82) is 0 Å². The maximum atomic E-state index is 11.0. The van der Waals surface area contributed by atoms with E-state index in [4.69, 9.17) is 9.88 Å². The molecule has 13 heavy (non-hydrogen) atoms. The summed E-state index contributed by atoms with van der Waals surface area (Å²) in [6.45, 7) is 3.28. The van der Waals surface area contributed by atoms with Gasteiger partial charge in [-0.25, -0.2) is 5.14 Å². The second-order valence-electron chi connectivity index (χ2n) is 3.13. The molecule has 2 N–H and O–H groups in total. The van der Waals surface area contributed by atoms with E-state index in [2.05, 4.69) is 0 Å². The first-order chi connectivity index (χ1) is 6.04. The SMILES string of the molecule is CCN(CC1CCCO1)S(N)(=O)=O. The number of nitrogens with zero attached hydrogens (tertiary/aromatic N) is 1. The Morgan fingerprint density at radius 2 is 2.31 bits per heavy atom. The Morgan fingerprint density at radius 3 is 2.69 bits per heavy atom. The quantitative estimate of drug-likeness (QED) is 0.689. The molecule has 5 nitrogen and oxygen atoms in total. The van der Waals surface area contributed by atoms with Gasteiger partial charge < -0.3 is 4.74 Å². The van der Waals surface area contributed by atoms with Gasteiger partial charge in [-0.05, 0) is 12.8 Å². The zero-order valence-corrected chi connectivity index (χ0v) is 8.59. The number of rotatable bonds is 4. The minimum absolute atomic E-state index is 0.0262. The van der Waals surface area contributed by atoms with E-state index in [1.165, 1.54) is 4.31 Å². The number of ether oxygens (including phenoxy) is 1. The van der Waals surface area contributed by atoms with Crippen molar-refractivity contribution >= 4 is 10.2 Å². The molecule has 0 aromatic rings. The molecule has 1 atom stereocenters. The summed E-state index contributed by atoms with van der Waals surface area (Å²) in [5.74, 6) is 0. The third-order valence-electron chi connectivity index (χ3n) is 2.14. The fraction of sp³-hybridized carbons (Fsp3) is 1.00. The van der Waals surface area contributed by atoms with E-state index in [1.807, 2.05) is 0 Å². The van der Waals surface area contributed by atoms with Gasteiger partial charge in [-0.1, -0.05) is 6.92 Å². The molecule has 0 spiro atoms. The molecule has 1 unspecified atom stereocenters. The molecule has 0 bridgehead atoms. The smallest absolute Gasteiger partial charge is 0.276 e. The first-order valence-corrected chi connectivity index (χ1v) is 5.94. The first kappa shape index (κ1) is 10.9. The highest BCUT2D eigenvalue weighted by Crippen LogP contribution is 2.13. The number of likely N-dealkylation sites (N-methyl/N-ethyl adjacent to an activating group) is 1. The molecule has 1 fully saturated rings. The van der Waals surface area contributed by atoms with Gasteiger partial charge in [0.2, 0.25) is 0 Å². The highest BCUT2D eigenvalue weighted by Gasteiger charge is 2.23. The fourth-order valence-corrected chi connectivity index (χ4v) is 2.16. The molecular formula is C7H16N2O3S. The zero-order chi connectivity index (χ0) is 9.90. The van der Waals surface area contributed by atoms with Crippen LogP contribution >= 0.6 is 0 Å². The van der Waals surface area contributed by atoms with Crippen molar-refractivity contribution in [1.82, 2.24) is 4.31 Å². The van der Waals surface area contributed by atoms with E-state index in [-0.39, 0.29) is 6.10 Å². The lowest BCUT2D eigenvalue weighted by Crippen LogP contribution is -2.41. The van der Waals surface area contributed by atoms with Crippen molar-refractivity contribution < 1.29 is 13.2 Å². The van der Waals surface area contributed by atoms with E-state index >= 15 is 0 Å². The monoisotopic (exact) mass is 208 g/mol. The van der Waals surface area contributed by atoms with Gasteiger partial charge in [-0.2, -0.15) is 12.7 Å². The van der Waals surface area contributed by atoms with Crippen LogP contribution in [0.1, 0.15) is 19.8 Å². The van der Waals surface area contributed by atoms with Crippen molar-refractivity contribution in [3.63, 3.8) is 0 Å². The van der Waals surface area contributed by atoms with E-state index in [0.29, 0.717) is 13.1 Å². The Labute approximate surface area is 79.0 Å². The van der Waals surface area contributed by atoms with Gasteiger partial charge in [0.05, 0.1) is 6.10 Å². The molecule has 6 heteroatoms. The van der Waals surface area contributed by atoms with Gasteiger partial charge in [-0.15, -0.1) is 0 Å². The molecule has 1 heterocycles. The van der Waals surface area contributed by atoms with E-state index in [9.17, 15) is 8.42 Å². The van der Waals surface area contributed by atoms with Gasteiger partial charge in [0.15, 0.2) is 0 Å². The second kappa shape index (κ2) is 4.36. The van der Waals surface area contributed by atoms with Crippen molar-refractivity contribution in [2.45, 2.75) is 25.9 Å². The molecule has 0 amide bonds. The molecule has 1 aliphatic heterocycles. The normalized spacial score (nSPS) is 24.1. The molecule has 78 valence electrons. The molecule has 0 aromatic heterocycles. The molecule has 0 radical (unpaired) electrons. The average molecular weight is 208 g/mol. The van der Waals surface area contributed by atoms with Crippen LogP contribution in [-0.4, -0.2) is 38.5 Å². The van der Waals surface area contributed by atoms with Crippen LogP contribution in [0.5, 0.6) is 0 Å². The van der Waals surface area contributed by atoms with Crippen LogP contribution < -0.4 is 5.14 Å². The van der Waals surface area contributed by atoms with E-state index in [1.54, 1.807) is 6.92 Å². The van der Waals surface area contributed by atoms with Crippen molar-refractivity contribution in [2.75, 3.05) is 19.7 Å². The summed E-state index contributed by atoms with van der Waals surface area (Å²) in [5.41, 5.74) is 0. The summed E-state index contributed by atoms with van der Waals surface area (Å²) in [6, 6.07) is 0. The maximum absolute atomic E-state index is 11.0. The topological polar surface area (TPSA) is 72.6 Å². The molecule has 0 aliphatic carbocycles. The van der Waals surface area contributed by atoms with Crippen LogP contribution in [-0.2, 0) is 14.9 Å². The lowest BCUT2D eigenvalue weighted by Gasteiger charge is -2.20. The van der Waals surface area contributed by atoms with Gasteiger partial charge >= 0.3 is 0 Å². The summed E-state index contributed by atoms with van der Waals surface area (Å²) in [5, 5.41) is 5.01. The first-order valence-electron chi connectivity index (χ1n) is 4.43. The van der Waals surface area contributed by atoms with E-state index in [0.717, 1.165) is 19.4 Å². The Kier molecular flexibility index (Phi) is 3.66. The van der Waals surface area contributed by atoms with Gasteiger partial charge in [0.25, 0.3) is 10.2 Å². The van der Waals surface area contributed by atoms with Crippen LogP contribution in [0, 0.1) is 0 Å². The van der Waals surface area contributed by atoms with Crippen LogP contribution in [0.15, 0.2) is 0 Å². The Bertz CT molecular complexity index is 246. The summed E-state index contributed by atoms with van der Waals surface area (Å²) < 4.78 is 28.6. The minimum atomic E-state index is -3.55. The number of hydrogen-bond acceptors (Lipinski definition) is 3. The van der Waals surface area contributed by atoms with Crippen LogP contribution in [0.3, 0.4) is 0 Å². The lowest BCUT2D eigenvalue weighted by atomic mass is 10.2. The molecular weight excluding hydrogens is 192 g/mol. The van der Waals surface area contributed by atoms with Crippen molar-refractivity contribution in [3.05, 3.63) is 0 Å². The lowest BCUT2D eigenvalue weighted by molar-refractivity contribution is 0.0947.